The normalized spacial score (nSPS) is 6.22. The zero-order valence-corrected chi connectivity index (χ0v) is 4.86. The average molecular weight is 121 g/mol. The molecule has 0 fully saturated rings. The Balaban J connectivity index is 0.000000187. The first-order valence-electron chi connectivity index (χ1n) is 2.42. The van der Waals surface area contributed by atoms with Crippen molar-refractivity contribution in [2.45, 2.75) is 0 Å². The third-order valence-corrected chi connectivity index (χ3v) is 0.667. The van der Waals surface area contributed by atoms with Crippen LogP contribution in [0.5, 0.6) is 0 Å². The molecule has 3 heteroatoms. The van der Waals surface area contributed by atoms with E-state index in [1.165, 1.54) is 0 Å². The lowest BCUT2D eigenvalue weighted by molar-refractivity contribution is 1.45. The molecule has 0 saturated carbocycles. The fraction of sp³-hybridized carbons (Fsp3) is 0. The third kappa shape index (κ3) is 6.53. The molecule has 0 bridgehead atoms. The van der Waals surface area contributed by atoms with E-state index in [0.717, 1.165) is 0 Å². The van der Waals surface area contributed by atoms with E-state index in [9.17, 15) is 0 Å². The van der Waals surface area contributed by atoms with Gasteiger partial charge in [0.1, 0.15) is 0 Å². The summed E-state index contributed by atoms with van der Waals surface area (Å²) in [7, 11) is 0. The number of rotatable bonds is 0. The first kappa shape index (κ1) is 7.53. The highest BCUT2D eigenvalue weighted by Gasteiger charge is 1.57. The van der Waals surface area contributed by atoms with Gasteiger partial charge in [-0.15, -0.1) is 5.53 Å². The number of nitrogens with zero attached hydrogens (tertiary/aromatic N) is 2. The summed E-state index contributed by atoms with van der Waals surface area (Å²) in [6.07, 6.45) is 0. The number of benzene rings is 1. The summed E-state index contributed by atoms with van der Waals surface area (Å²) in [5.41, 5.74) is 12.2. The first-order chi connectivity index (χ1) is 4.41. The van der Waals surface area contributed by atoms with Crippen LogP contribution in [0.15, 0.2) is 36.4 Å². The molecule has 0 heterocycles. The van der Waals surface area contributed by atoms with E-state index in [1.807, 2.05) is 36.4 Å². The molecule has 0 radical (unpaired) electrons. The summed E-state index contributed by atoms with van der Waals surface area (Å²) in [5.74, 6) is 0. The van der Waals surface area contributed by atoms with E-state index in [0.29, 0.717) is 0 Å². The van der Waals surface area contributed by atoms with Crippen LogP contribution in [0.25, 0.3) is 10.4 Å². The van der Waals surface area contributed by atoms with Crippen molar-refractivity contribution in [1.82, 2.24) is 0 Å². The molecule has 46 valence electrons. The molecule has 1 rings (SSSR count). The van der Waals surface area contributed by atoms with Crippen LogP contribution in [0.2, 0.25) is 0 Å². The fourth-order valence-corrected chi connectivity index (χ4v) is 0.385. The smallest absolute Gasteiger partial charge is 0.00208 e. The second kappa shape index (κ2) is 6.53. The molecular formula is C6H7N3. The van der Waals surface area contributed by atoms with Gasteiger partial charge in [-0.3, -0.25) is 0 Å². The quantitative estimate of drug-likeness (QED) is 0.311. The van der Waals surface area contributed by atoms with Crippen LogP contribution in [-0.2, 0) is 0 Å². The molecule has 0 unspecified atom stereocenters. The van der Waals surface area contributed by atoms with Gasteiger partial charge in [-0.25, -0.2) is 0 Å². The number of nitrogens with one attached hydrogen (secondary N) is 1. The Morgan fingerprint density at radius 1 is 0.889 bits per heavy atom. The van der Waals surface area contributed by atoms with Crippen molar-refractivity contribution < 1.29 is 0 Å². The van der Waals surface area contributed by atoms with Gasteiger partial charge in [0.25, 0.3) is 0 Å². The topological polar surface area (TPSA) is 60.3 Å². The van der Waals surface area contributed by atoms with Crippen LogP contribution in [0.3, 0.4) is 0 Å². The maximum Gasteiger partial charge on any atom is -0.00208 e. The molecular weight excluding hydrogens is 114 g/mol. The van der Waals surface area contributed by atoms with Crippen LogP contribution < -0.4 is 0 Å². The van der Waals surface area contributed by atoms with Gasteiger partial charge < -0.3 is 0 Å². The molecule has 3 nitrogen and oxygen atoms in total. The first-order valence-corrected chi connectivity index (χ1v) is 2.42. The molecule has 9 heavy (non-hydrogen) atoms. The van der Waals surface area contributed by atoms with Crippen molar-refractivity contribution in [3.8, 4) is 0 Å². The third-order valence-electron chi connectivity index (χ3n) is 0.667. The van der Waals surface area contributed by atoms with Crippen LogP contribution >= 0.6 is 0 Å². The Morgan fingerprint density at radius 3 is 1.11 bits per heavy atom. The molecule has 0 aliphatic rings. The summed E-state index contributed by atoms with van der Waals surface area (Å²) in [5, 5.41) is 0. The van der Waals surface area contributed by atoms with Gasteiger partial charge in [-0.1, -0.05) is 36.4 Å². The molecule has 0 saturated heterocycles. The summed E-state index contributed by atoms with van der Waals surface area (Å²) in [6, 6.07) is 12.0. The summed E-state index contributed by atoms with van der Waals surface area (Å²) in [6.45, 7) is 0. The van der Waals surface area contributed by atoms with Gasteiger partial charge in [0.2, 0.25) is 0 Å². The van der Waals surface area contributed by atoms with Crippen molar-refractivity contribution >= 4 is 0 Å². The van der Waals surface area contributed by atoms with E-state index < -0.39 is 0 Å². The molecule has 0 atom stereocenters. The lowest BCUT2D eigenvalue weighted by Crippen LogP contribution is -1.47. The van der Waals surface area contributed by atoms with E-state index in [-0.39, 0.29) is 0 Å². The van der Waals surface area contributed by atoms with E-state index in [4.69, 9.17) is 11.1 Å². The van der Waals surface area contributed by atoms with Crippen molar-refractivity contribution in [1.29, 1.82) is 5.53 Å². The Hall–Kier alpha value is -1.47. The largest absolute Gasteiger partial charge is 0.108 e. The molecule has 1 aromatic carbocycles. The summed E-state index contributed by atoms with van der Waals surface area (Å²) >= 11 is 0. The van der Waals surface area contributed by atoms with E-state index in [2.05, 4.69) is 0 Å². The molecule has 0 aliphatic heterocycles. The van der Waals surface area contributed by atoms with Gasteiger partial charge >= 0.3 is 0 Å². The molecule has 0 aliphatic carbocycles. The highest BCUT2D eigenvalue weighted by Crippen LogP contribution is 1.79. The number of hydrogen-bond acceptors (Lipinski definition) is 1. The highest BCUT2D eigenvalue weighted by atomic mass is 15.0. The van der Waals surface area contributed by atoms with Gasteiger partial charge in [0.15, 0.2) is 0 Å². The Morgan fingerprint density at radius 2 is 1.00 bits per heavy atom. The van der Waals surface area contributed by atoms with E-state index >= 15 is 0 Å². The van der Waals surface area contributed by atoms with Gasteiger partial charge in [0, 0.05) is 0 Å². The Bertz CT molecular complexity index is 138. The minimum Gasteiger partial charge on any atom is -0.108 e. The second-order valence-corrected chi connectivity index (χ2v) is 1.25. The second-order valence-electron chi connectivity index (χ2n) is 1.25. The maximum absolute atomic E-state index is 6.86. The summed E-state index contributed by atoms with van der Waals surface area (Å²) < 4.78 is 0. The van der Waals surface area contributed by atoms with Crippen LogP contribution in [-0.4, -0.2) is 0 Å². The van der Waals surface area contributed by atoms with Crippen LogP contribution in [0.1, 0.15) is 0 Å². The predicted octanol–water partition coefficient (Wildman–Crippen LogP) is 2.56. The highest BCUT2D eigenvalue weighted by molar-refractivity contribution is 4.99. The zero-order chi connectivity index (χ0) is 6.95. The predicted molar refractivity (Wildman–Crippen MR) is 35.9 cm³/mol. The number of hydrogen-bond donors (Lipinski definition) is 1. The van der Waals surface area contributed by atoms with Crippen molar-refractivity contribution in [3.63, 3.8) is 0 Å². The van der Waals surface area contributed by atoms with Crippen LogP contribution in [0.4, 0.5) is 0 Å². The van der Waals surface area contributed by atoms with Crippen molar-refractivity contribution in [3.05, 3.63) is 46.8 Å². The van der Waals surface area contributed by atoms with Crippen molar-refractivity contribution in [2.75, 3.05) is 0 Å². The summed E-state index contributed by atoms with van der Waals surface area (Å²) in [4.78, 5) is 1.75. The Labute approximate surface area is 53.4 Å². The molecule has 1 N–H and O–H groups in total. The standard InChI is InChI=1S/C6H6.HN3/c1-2-4-6-5-3-1;1-3-2/h1-6H;1H. The lowest BCUT2D eigenvalue weighted by atomic mass is 10.4. The average Bonchev–Trinajstić information content (AvgIpc) is 1.93. The molecule has 0 aromatic heterocycles. The van der Waals surface area contributed by atoms with E-state index in [1.54, 1.807) is 4.91 Å². The van der Waals surface area contributed by atoms with Gasteiger partial charge in [-0.05, 0) is 10.4 Å². The fourth-order valence-electron chi connectivity index (χ4n) is 0.385. The maximum atomic E-state index is 6.86. The minimum atomic E-state index is 1.75. The zero-order valence-electron chi connectivity index (χ0n) is 4.86. The molecule has 0 amide bonds. The van der Waals surface area contributed by atoms with Gasteiger partial charge in [-0.2, -0.15) is 0 Å². The van der Waals surface area contributed by atoms with Crippen molar-refractivity contribution in [2.24, 2.45) is 0 Å². The monoisotopic (exact) mass is 121 g/mol. The van der Waals surface area contributed by atoms with Crippen LogP contribution in [0, 0.1) is 5.53 Å². The lowest BCUT2D eigenvalue weighted by Gasteiger charge is -1.69. The molecule has 0 spiro atoms. The minimum absolute atomic E-state index is 1.75. The Kier molecular flexibility index (Phi) is 5.46. The van der Waals surface area contributed by atoms with Gasteiger partial charge in [0.05, 0.1) is 0 Å². The molecule has 1 aromatic rings. The SMILES string of the molecule is [N-]=[N+]=N.c1ccccc1.